The third kappa shape index (κ3) is 3.25. The maximum Gasteiger partial charge on any atom is 0.0674 e. The lowest BCUT2D eigenvalue weighted by atomic mass is 9.76. The molecular weight excluding hydrogens is 310 g/mol. The standard InChI is InChI=1S/C21H29N3O/c1-17-7-3-4-8-19(17)24-15-18(13-22-24)14-23-12-6-11-21(16-23)10-5-9-20(21)25-2/h3-4,7-8,13,15,20H,5-6,9-12,14,16H2,1-2H3/t20-,21-/m1/s1. The zero-order valence-electron chi connectivity index (χ0n) is 15.4. The highest BCUT2D eigenvalue weighted by Gasteiger charge is 2.45. The topological polar surface area (TPSA) is 30.3 Å². The summed E-state index contributed by atoms with van der Waals surface area (Å²) in [4.78, 5) is 2.61. The lowest BCUT2D eigenvalue weighted by molar-refractivity contribution is -0.0366. The highest BCUT2D eigenvalue weighted by Crippen LogP contribution is 2.46. The van der Waals surface area contributed by atoms with E-state index in [1.807, 2.05) is 18.0 Å². The van der Waals surface area contributed by atoms with E-state index in [9.17, 15) is 0 Å². The maximum atomic E-state index is 5.83. The van der Waals surface area contributed by atoms with Crippen molar-refractivity contribution >= 4 is 0 Å². The molecule has 1 aromatic heterocycles. The molecule has 2 aromatic rings. The van der Waals surface area contributed by atoms with Crippen LogP contribution in [0.2, 0.25) is 0 Å². The van der Waals surface area contributed by atoms with Gasteiger partial charge in [-0.1, -0.05) is 24.6 Å². The molecule has 0 N–H and O–H groups in total. The predicted octanol–water partition coefficient (Wildman–Crippen LogP) is 3.96. The quantitative estimate of drug-likeness (QED) is 0.844. The molecule has 1 saturated carbocycles. The van der Waals surface area contributed by atoms with Gasteiger partial charge in [-0.05, 0) is 50.8 Å². The Labute approximate surface area is 150 Å². The van der Waals surface area contributed by atoms with E-state index in [2.05, 4.69) is 47.4 Å². The second kappa shape index (κ2) is 6.93. The van der Waals surface area contributed by atoms with E-state index < -0.39 is 0 Å². The number of para-hydroxylation sites is 1. The van der Waals surface area contributed by atoms with Gasteiger partial charge in [-0.2, -0.15) is 5.10 Å². The smallest absolute Gasteiger partial charge is 0.0674 e. The van der Waals surface area contributed by atoms with Crippen LogP contribution in [-0.4, -0.2) is 41.0 Å². The van der Waals surface area contributed by atoms with Crippen molar-refractivity contribution in [1.29, 1.82) is 0 Å². The normalized spacial score (nSPS) is 27.2. The largest absolute Gasteiger partial charge is 0.381 e. The highest BCUT2D eigenvalue weighted by atomic mass is 16.5. The Morgan fingerprint density at radius 1 is 1.24 bits per heavy atom. The van der Waals surface area contributed by atoms with E-state index in [1.165, 1.54) is 62.0 Å². The SMILES string of the molecule is CO[C@@H]1CCC[C@]12CCCN(Cc1cnn(-c3ccccc3C)c1)C2. The van der Waals surface area contributed by atoms with Crippen LogP contribution < -0.4 is 0 Å². The van der Waals surface area contributed by atoms with Gasteiger partial charge < -0.3 is 4.74 Å². The maximum absolute atomic E-state index is 5.83. The summed E-state index contributed by atoms with van der Waals surface area (Å²) < 4.78 is 7.85. The number of hydrogen-bond donors (Lipinski definition) is 0. The summed E-state index contributed by atoms with van der Waals surface area (Å²) in [5, 5.41) is 4.60. The van der Waals surface area contributed by atoms with Crippen molar-refractivity contribution in [3.8, 4) is 5.69 Å². The van der Waals surface area contributed by atoms with E-state index in [0.717, 1.165) is 6.54 Å². The number of aromatic nitrogens is 2. The molecule has 2 aliphatic rings. The summed E-state index contributed by atoms with van der Waals surface area (Å²) in [5.74, 6) is 0. The van der Waals surface area contributed by atoms with Gasteiger partial charge in [0, 0.05) is 37.4 Å². The lowest BCUT2D eigenvalue weighted by Crippen LogP contribution is -2.47. The Morgan fingerprint density at radius 3 is 2.92 bits per heavy atom. The monoisotopic (exact) mass is 339 g/mol. The molecule has 1 aromatic carbocycles. The van der Waals surface area contributed by atoms with Crippen molar-refractivity contribution < 1.29 is 4.74 Å². The van der Waals surface area contributed by atoms with Gasteiger partial charge in [-0.3, -0.25) is 4.90 Å². The Hall–Kier alpha value is -1.65. The first kappa shape index (κ1) is 16.8. The molecule has 1 aliphatic carbocycles. The zero-order chi connectivity index (χ0) is 17.3. The van der Waals surface area contributed by atoms with E-state index in [0.29, 0.717) is 11.5 Å². The minimum absolute atomic E-state index is 0.388. The first-order chi connectivity index (χ1) is 12.2. The van der Waals surface area contributed by atoms with Gasteiger partial charge in [-0.25, -0.2) is 4.68 Å². The van der Waals surface area contributed by atoms with Gasteiger partial charge in [-0.15, -0.1) is 0 Å². The van der Waals surface area contributed by atoms with Gasteiger partial charge >= 0.3 is 0 Å². The molecule has 4 heteroatoms. The lowest BCUT2D eigenvalue weighted by Gasteiger charge is -2.43. The van der Waals surface area contributed by atoms with Crippen LogP contribution in [0.5, 0.6) is 0 Å². The third-order valence-corrected chi connectivity index (χ3v) is 6.20. The molecule has 4 rings (SSSR count). The Bertz CT molecular complexity index is 725. The van der Waals surface area contributed by atoms with E-state index in [1.54, 1.807) is 0 Å². The van der Waals surface area contributed by atoms with Crippen LogP contribution in [0.1, 0.15) is 43.2 Å². The Balaban J connectivity index is 1.47. The van der Waals surface area contributed by atoms with Gasteiger partial charge in [0.1, 0.15) is 0 Å². The van der Waals surface area contributed by atoms with Crippen molar-refractivity contribution in [2.75, 3.05) is 20.2 Å². The molecule has 1 saturated heterocycles. The molecule has 1 spiro atoms. The predicted molar refractivity (Wildman–Crippen MR) is 99.9 cm³/mol. The summed E-state index contributed by atoms with van der Waals surface area (Å²) in [6.07, 6.45) is 11.1. The van der Waals surface area contributed by atoms with Crippen molar-refractivity contribution in [3.05, 3.63) is 47.8 Å². The number of methoxy groups -OCH3 is 1. The molecular formula is C21H29N3O. The molecule has 2 heterocycles. The highest BCUT2D eigenvalue weighted by molar-refractivity contribution is 5.39. The molecule has 0 radical (unpaired) electrons. The summed E-state index contributed by atoms with van der Waals surface area (Å²) in [7, 11) is 1.89. The van der Waals surface area contributed by atoms with Crippen LogP contribution >= 0.6 is 0 Å². The number of aryl methyl sites for hydroxylation is 1. The zero-order valence-corrected chi connectivity index (χ0v) is 15.4. The molecule has 2 atom stereocenters. The average Bonchev–Trinajstić information content (AvgIpc) is 3.22. The Morgan fingerprint density at radius 2 is 2.08 bits per heavy atom. The van der Waals surface area contributed by atoms with Crippen LogP contribution in [0.4, 0.5) is 0 Å². The van der Waals surface area contributed by atoms with Gasteiger partial charge in [0.15, 0.2) is 0 Å². The number of piperidine rings is 1. The van der Waals surface area contributed by atoms with E-state index in [4.69, 9.17) is 4.74 Å². The van der Waals surface area contributed by atoms with Crippen molar-refractivity contribution in [3.63, 3.8) is 0 Å². The Kier molecular flexibility index (Phi) is 4.65. The fourth-order valence-electron chi connectivity index (χ4n) is 4.99. The van der Waals surface area contributed by atoms with Crippen LogP contribution in [0.25, 0.3) is 5.69 Å². The van der Waals surface area contributed by atoms with Gasteiger partial charge in [0.2, 0.25) is 0 Å². The number of nitrogens with zero attached hydrogens (tertiary/aromatic N) is 3. The summed E-state index contributed by atoms with van der Waals surface area (Å²) >= 11 is 0. The van der Waals surface area contributed by atoms with E-state index in [-0.39, 0.29) is 0 Å². The van der Waals surface area contributed by atoms with Crippen molar-refractivity contribution in [2.45, 2.75) is 51.7 Å². The van der Waals surface area contributed by atoms with Crippen LogP contribution in [0.15, 0.2) is 36.7 Å². The molecule has 0 unspecified atom stereocenters. The van der Waals surface area contributed by atoms with Gasteiger partial charge in [0.05, 0.1) is 18.0 Å². The minimum atomic E-state index is 0.388. The summed E-state index contributed by atoms with van der Waals surface area (Å²) in [6, 6.07) is 8.41. The second-order valence-electron chi connectivity index (χ2n) is 7.87. The number of ether oxygens (including phenoxy) is 1. The second-order valence-corrected chi connectivity index (χ2v) is 7.87. The summed E-state index contributed by atoms with van der Waals surface area (Å²) in [5.41, 5.74) is 4.10. The number of hydrogen-bond acceptors (Lipinski definition) is 3. The fraction of sp³-hybridized carbons (Fsp3) is 0.571. The molecule has 25 heavy (non-hydrogen) atoms. The first-order valence-electron chi connectivity index (χ1n) is 9.55. The first-order valence-corrected chi connectivity index (χ1v) is 9.55. The van der Waals surface area contributed by atoms with Crippen LogP contribution in [-0.2, 0) is 11.3 Å². The van der Waals surface area contributed by atoms with Crippen molar-refractivity contribution in [2.24, 2.45) is 5.41 Å². The van der Waals surface area contributed by atoms with Gasteiger partial charge in [0.25, 0.3) is 0 Å². The molecule has 134 valence electrons. The molecule has 0 amide bonds. The molecule has 0 bridgehead atoms. The minimum Gasteiger partial charge on any atom is -0.381 e. The number of likely N-dealkylation sites (tertiary alicyclic amines) is 1. The molecule has 4 nitrogen and oxygen atoms in total. The molecule has 1 aliphatic heterocycles. The number of rotatable bonds is 4. The van der Waals surface area contributed by atoms with Crippen LogP contribution in [0.3, 0.4) is 0 Å². The van der Waals surface area contributed by atoms with Crippen LogP contribution in [0, 0.1) is 12.3 Å². The number of benzene rings is 1. The fourth-order valence-corrected chi connectivity index (χ4v) is 4.99. The third-order valence-electron chi connectivity index (χ3n) is 6.20. The molecule has 2 fully saturated rings. The average molecular weight is 339 g/mol. The van der Waals surface area contributed by atoms with E-state index >= 15 is 0 Å². The summed E-state index contributed by atoms with van der Waals surface area (Å²) in [6.45, 7) is 5.48. The van der Waals surface area contributed by atoms with Crippen molar-refractivity contribution in [1.82, 2.24) is 14.7 Å².